The summed E-state index contributed by atoms with van der Waals surface area (Å²) in [5.41, 5.74) is 2.96. The fourth-order valence-corrected chi connectivity index (χ4v) is 5.59. The van der Waals surface area contributed by atoms with Gasteiger partial charge in [-0.1, -0.05) is 29.8 Å². The van der Waals surface area contributed by atoms with Crippen LogP contribution in [0.5, 0.6) is 5.75 Å². The zero-order valence-corrected chi connectivity index (χ0v) is 25.2. The number of aryl methyl sites for hydroxylation is 2. The first kappa shape index (κ1) is 31.0. The van der Waals surface area contributed by atoms with Crippen molar-refractivity contribution >= 4 is 39.1 Å². The van der Waals surface area contributed by atoms with E-state index in [0.717, 1.165) is 21.0 Å². The third-order valence-electron chi connectivity index (χ3n) is 6.57. The second-order valence-electron chi connectivity index (χ2n) is 9.94. The fraction of sp³-hybridized carbons (Fsp3) is 0.333. The van der Waals surface area contributed by atoms with Gasteiger partial charge in [-0.3, -0.25) is 13.9 Å². The summed E-state index contributed by atoms with van der Waals surface area (Å²) in [6, 6.07) is 17.2. The van der Waals surface area contributed by atoms with Gasteiger partial charge in [0.2, 0.25) is 11.8 Å². The molecule has 3 aromatic carbocycles. The lowest BCUT2D eigenvalue weighted by Gasteiger charge is -2.32. The number of halogens is 1. The summed E-state index contributed by atoms with van der Waals surface area (Å²) >= 11 is 6.00. The number of anilines is 1. The second-order valence-corrected chi connectivity index (χ2v) is 12.2. The number of nitrogens with one attached hydrogen (secondary N) is 1. The topological polar surface area (TPSA) is 96.0 Å². The first-order valence-electron chi connectivity index (χ1n) is 12.9. The molecule has 3 aromatic rings. The minimum Gasteiger partial charge on any atom is -0.497 e. The summed E-state index contributed by atoms with van der Waals surface area (Å²) in [6.07, 6.45) is 0. The van der Waals surface area contributed by atoms with Crippen LogP contribution >= 0.6 is 11.6 Å². The number of methoxy groups -OCH3 is 1. The van der Waals surface area contributed by atoms with Gasteiger partial charge < -0.3 is 15.0 Å². The first-order valence-corrected chi connectivity index (χ1v) is 14.7. The van der Waals surface area contributed by atoms with Crippen LogP contribution < -0.4 is 14.4 Å². The van der Waals surface area contributed by atoms with Crippen LogP contribution in [0.2, 0.25) is 5.02 Å². The van der Waals surface area contributed by atoms with Crippen molar-refractivity contribution in [3.8, 4) is 5.75 Å². The van der Waals surface area contributed by atoms with Gasteiger partial charge in [-0.05, 0) is 99.8 Å². The largest absolute Gasteiger partial charge is 0.497 e. The molecule has 1 N–H and O–H groups in total. The van der Waals surface area contributed by atoms with Crippen molar-refractivity contribution in [1.82, 2.24) is 10.2 Å². The number of sulfonamides is 1. The maximum Gasteiger partial charge on any atom is 0.264 e. The van der Waals surface area contributed by atoms with Gasteiger partial charge in [0, 0.05) is 17.6 Å². The Bertz CT molecular complexity index is 1440. The molecular weight excluding hydrogens is 550 g/mol. The lowest BCUT2D eigenvalue weighted by atomic mass is 10.1. The molecule has 0 unspecified atom stereocenters. The average Bonchev–Trinajstić information content (AvgIpc) is 2.91. The predicted octanol–water partition coefficient (Wildman–Crippen LogP) is 5.10. The Labute approximate surface area is 241 Å². The number of ether oxygens (including phenoxy) is 1. The zero-order valence-electron chi connectivity index (χ0n) is 23.6. The van der Waals surface area contributed by atoms with Crippen LogP contribution in [-0.2, 0) is 26.2 Å². The quantitative estimate of drug-likeness (QED) is 0.338. The first-order chi connectivity index (χ1) is 18.8. The highest BCUT2D eigenvalue weighted by Crippen LogP contribution is 2.27. The van der Waals surface area contributed by atoms with Crippen molar-refractivity contribution in [2.75, 3.05) is 18.0 Å². The molecule has 1 atom stereocenters. The Balaban J connectivity index is 2.05. The van der Waals surface area contributed by atoms with Crippen LogP contribution in [0.25, 0.3) is 0 Å². The summed E-state index contributed by atoms with van der Waals surface area (Å²) in [4.78, 5) is 28.4. The van der Waals surface area contributed by atoms with Gasteiger partial charge in [-0.15, -0.1) is 0 Å². The monoisotopic (exact) mass is 585 g/mol. The Kier molecular flexibility index (Phi) is 10.2. The van der Waals surface area contributed by atoms with Crippen LogP contribution in [0, 0.1) is 13.8 Å². The molecule has 0 aromatic heterocycles. The van der Waals surface area contributed by atoms with Crippen LogP contribution in [0.3, 0.4) is 0 Å². The van der Waals surface area contributed by atoms with E-state index in [4.69, 9.17) is 16.3 Å². The summed E-state index contributed by atoms with van der Waals surface area (Å²) in [5, 5.41) is 3.24. The average molecular weight is 586 g/mol. The molecule has 0 saturated carbocycles. The Morgan fingerprint density at radius 1 is 0.925 bits per heavy atom. The molecule has 0 spiro atoms. The van der Waals surface area contributed by atoms with Gasteiger partial charge >= 0.3 is 0 Å². The molecule has 0 saturated heterocycles. The van der Waals surface area contributed by atoms with Crippen molar-refractivity contribution < 1.29 is 22.7 Å². The van der Waals surface area contributed by atoms with E-state index < -0.39 is 28.5 Å². The molecule has 0 heterocycles. The van der Waals surface area contributed by atoms with E-state index in [-0.39, 0.29) is 23.4 Å². The molecule has 0 bridgehead atoms. The lowest BCUT2D eigenvalue weighted by Crippen LogP contribution is -2.52. The standard InChI is InChI=1S/C30H36ClN3O5S/c1-20(2)32-30(36)23(5)33(18-24-8-13-27(39-6)14-9-24)29(35)19-34(26-12-7-21(3)22(4)17-26)40(37,38)28-15-10-25(31)11-16-28/h7-17,20,23H,18-19H2,1-6H3,(H,32,36)/t23-/m1/s1. The molecule has 0 aliphatic heterocycles. The van der Waals surface area contributed by atoms with E-state index in [9.17, 15) is 18.0 Å². The fourth-order valence-electron chi connectivity index (χ4n) is 4.06. The Morgan fingerprint density at radius 3 is 2.10 bits per heavy atom. The molecule has 40 heavy (non-hydrogen) atoms. The van der Waals surface area contributed by atoms with Crippen molar-refractivity contribution in [1.29, 1.82) is 0 Å². The molecule has 0 aliphatic rings. The summed E-state index contributed by atoms with van der Waals surface area (Å²) in [6.45, 7) is 8.68. The van der Waals surface area contributed by atoms with Gasteiger partial charge in [0.05, 0.1) is 17.7 Å². The molecule has 0 aliphatic carbocycles. The smallest absolute Gasteiger partial charge is 0.264 e. The van der Waals surface area contributed by atoms with E-state index in [2.05, 4.69) is 5.32 Å². The zero-order chi connectivity index (χ0) is 29.6. The molecule has 3 rings (SSSR count). The van der Waals surface area contributed by atoms with Crippen LogP contribution in [0.1, 0.15) is 37.5 Å². The molecular formula is C30H36ClN3O5S. The lowest BCUT2D eigenvalue weighted by molar-refractivity contribution is -0.139. The minimum absolute atomic E-state index is 0.00442. The maximum atomic E-state index is 14.0. The van der Waals surface area contributed by atoms with Gasteiger partial charge in [0.25, 0.3) is 10.0 Å². The van der Waals surface area contributed by atoms with Crippen LogP contribution in [-0.4, -0.2) is 50.9 Å². The SMILES string of the molecule is COc1ccc(CN(C(=O)CN(c2ccc(C)c(C)c2)S(=O)(=O)c2ccc(Cl)cc2)[C@H](C)C(=O)NC(C)C)cc1. The number of rotatable bonds is 11. The number of benzene rings is 3. The number of carbonyl (C=O) groups is 2. The van der Waals surface area contributed by atoms with E-state index in [0.29, 0.717) is 16.5 Å². The van der Waals surface area contributed by atoms with E-state index >= 15 is 0 Å². The van der Waals surface area contributed by atoms with Crippen LogP contribution in [0.4, 0.5) is 5.69 Å². The number of hydrogen-bond acceptors (Lipinski definition) is 5. The second kappa shape index (κ2) is 13.2. The van der Waals surface area contributed by atoms with E-state index in [1.807, 2.05) is 33.8 Å². The van der Waals surface area contributed by atoms with Crippen molar-refractivity contribution in [3.05, 3.63) is 88.4 Å². The Morgan fingerprint density at radius 2 is 1.55 bits per heavy atom. The molecule has 0 radical (unpaired) electrons. The van der Waals surface area contributed by atoms with Crippen LogP contribution in [0.15, 0.2) is 71.6 Å². The number of hydrogen-bond donors (Lipinski definition) is 1. The summed E-state index contributed by atoms with van der Waals surface area (Å²) < 4.78 is 34.1. The number of amides is 2. The third kappa shape index (κ3) is 7.55. The van der Waals surface area contributed by atoms with Crippen molar-refractivity contribution in [3.63, 3.8) is 0 Å². The van der Waals surface area contributed by atoms with Gasteiger partial charge in [0.1, 0.15) is 18.3 Å². The van der Waals surface area contributed by atoms with E-state index in [1.165, 1.54) is 29.2 Å². The summed E-state index contributed by atoms with van der Waals surface area (Å²) in [7, 11) is -2.60. The molecule has 2 amide bonds. The van der Waals surface area contributed by atoms with Gasteiger partial charge in [-0.25, -0.2) is 8.42 Å². The number of carbonyl (C=O) groups excluding carboxylic acids is 2. The summed E-state index contributed by atoms with van der Waals surface area (Å²) in [5.74, 6) is -0.213. The molecule has 214 valence electrons. The van der Waals surface area contributed by atoms with Crippen molar-refractivity contribution in [2.24, 2.45) is 0 Å². The normalized spacial score (nSPS) is 12.1. The highest BCUT2D eigenvalue weighted by atomic mass is 35.5. The predicted molar refractivity (Wildman–Crippen MR) is 158 cm³/mol. The molecule has 0 fully saturated rings. The molecule has 8 nitrogen and oxygen atoms in total. The Hall–Kier alpha value is -3.56. The highest BCUT2D eigenvalue weighted by molar-refractivity contribution is 7.92. The minimum atomic E-state index is -4.17. The van der Waals surface area contributed by atoms with Gasteiger partial charge in [-0.2, -0.15) is 0 Å². The van der Waals surface area contributed by atoms with Gasteiger partial charge in [0.15, 0.2) is 0 Å². The third-order valence-corrected chi connectivity index (χ3v) is 8.61. The number of nitrogens with zero attached hydrogens (tertiary/aromatic N) is 2. The highest BCUT2D eigenvalue weighted by Gasteiger charge is 2.32. The maximum absolute atomic E-state index is 14.0. The molecule has 10 heteroatoms. The van der Waals surface area contributed by atoms with E-state index in [1.54, 1.807) is 50.4 Å². The van der Waals surface area contributed by atoms with Crippen molar-refractivity contribution in [2.45, 2.75) is 58.1 Å².